The van der Waals surface area contributed by atoms with Gasteiger partial charge in [0.2, 0.25) is 15.9 Å². The number of nitrogens with zero attached hydrogens (tertiary/aromatic N) is 2. The van der Waals surface area contributed by atoms with Crippen molar-refractivity contribution in [2.45, 2.75) is 40.0 Å². The molecule has 0 radical (unpaired) electrons. The molecule has 5 nitrogen and oxygen atoms in total. The monoisotopic (exact) mass is 533 g/mol. The van der Waals surface area contributed by atoms with Gasteiger partial charge < -0.3 is 0 Å². The lowest BCUT2D eigenvalue weighted by molar-refractivity contribution is 0.597. The third kappa shape index (κ3) is 5.40. The van der Waals surface area contributed by atoms with E-state index in [-0.39, 0.29) is 16.4 Å². The van der Waals surface area contributed by atoms with Gasteiger partial charge in [0.15, 0.2) is 0 Å². The molecular formula is C28H28N2O3P3+3. The molecule has 180 valence electrons. The largest absolute Gasteiger partial charge is 0.457 e. The van der Waals surface area contributed by atoms with Crippen LogP contribution < -0.4 is 32.3 Å². The van der Waals surface area contributed by atoms with Crippen molar-refractivity contribution in [2.24, 2.45) is 0 Å². The summed E-state index contributed by atoms with van der Waals surface area (Å²) in [6.07, 6.45) is 2.15. The van der Waals surface area contributed by atoms with Crippen molar-refractivity contribution in [1.82, 2.24) is 9.97 Å². The lowest BCUT2D eigenvalue weighted by atomic mass is 10.2. The first-order chi connectivity index (χ1) is 17.5. The highest BCUT2D eigenvalue weighted by Crippen LogP contribution is 2.26. The smallest absolute Gasteiger partial charge is 0.139 e. The summed E-state index contributed by atoms with van der Waals surface area (Å²) in [6.45, 7) is 6.02. The molecule has 0 bridgehead atoms. The maximum Gasteiger partial charge on any atom is 0.457 e. The molecule has 1 heterocycles. The van der Waals surface area contributed by atoms with Crippen LogP contribution in [0.5, 0.6) is 0 Å². The van der Waals surface area contributed by atoms with Crippen molar-refractivity contribution < 1.29 is 13.7 Å². The van der Waals surface area contributed by atoms with Crippen LogP contribution in [-0.2, 0) is 33.0 Å². The zero-order valence-electron chi connectivity index (χ0n) is 20.6. The zero-order chi connectivity index (χ0) is 25.7. The predicted octanol–water partition coefficient (Wildman–Crippen LogP) is 4.50. The van der Waals surface area contributed by atoms with Gasteiger partial charge in [-0.1, -0.05) is 89.1 Å². The van der Waals surface area contributed by atoms with E-state index in [1.165, 1.54) is 0 Å². The predicted molar refractivity (Wildman–Crippen MR) is 150 cm³/mol. The number of aromatic nitrogens is 2. The summed E-state index contributed by atoms with van der Waals surface area (Å²) in [5, 5.41) is 2.00. The van der Waals surface area contributed by atoms with Crippen molar-refractivity contribution >= 4 is 55.8 Å². The Morgan fingerprint density at radius 1 is 0.528 bits per heavy atom. The summed E-state index contributed by atoms with van der Waals surface area (Å²) >= 11 is 0. The van der Waals surface area contributed by atoms with Gasteiger partial charge in [0.05, 0.1) is 6.07 Å². The van der Waals surface area contributed by atoms with Crippen molar-refractivity contribution in [3.05, 3.63) is 95.6 Å². The molecule has 0 saturated heterocycles. The molecule has 8 heteroatoms. The molecule has 4 aromatic rings. The van der Waals surface area contributed by atoms with E-state index in [1.807, 2.05) is 93.6 Å². The Kier molecular flexibility index (Phi) is 8.60. The molecule has 3 aromatic carbocycles. The molecule has 0 aliphatic heterocycles. The summed E-state index contributed by atoms with van der Waals surface area (Å²) in [7, 11) is -6.36. The van der Waals surface area contributed by atoms with E-state index in [4.69, 9.17) is 0 Å². The van der Waals surface area contributed by atoms with Gasteiger partial charge in [-0.05, 0) is 37.5 Å². The quantitative estimate of drug-likeness (QED) is 0.296. The molecule has 0 aliphatic carbocycles. The van der Waals surface area contributed by atoms with Gasteiger partial charge in [-0.15, -0.1) is 9.97 Å². The van der Waals surface area contributed by atoms with E-state index in [0.29, 0.717) is 22.3 Å². The van der Waals surface area contributed by atoms with Crippen LogP contribution in [0.25, 0.3) is 0 Å². The van der Waals surface area contributed by atoms with Gasteiger partial charge in [-0.25, -0.2) is 0 Å². The van der Waals surface area contributed by atoms with Crippen molar-refractivity contribution in [3.63, 3.8) is 0 Å². The second kappa shape index (κ2) is 11.8. The molecule has 0 aliphatic rings. The SMILES string of the molecule is CCc1ccccc1[P+](=O)c1cc([P+](=O)c2ccccc2CC)nc([P+](=O)c2ccccc2CC)n1. The molecule has 0 saturated carbocycles. The van der Waals surface area contributed by atoms with Crippen LogP contribution in [0.4, 0.5) is 0 Å². The fraction of sp³-hybridized carbons (Fsp3) is 0.214. The molecule has 0 N–H and O–H groups in total. The highest BCUT2D eigenvalue weighted by Gasteiger charge is 2.40. The van der Waals surface area contributed by atoms with Crippen LogP contribution in [-0.4, -0.2) is 9.97 Å². The summed E-state index contributed by atoms with van der Waals surface area (Å²) < 4.78 is 41.3. The molecule has 3 atom stereocenters. The van der Waals surface area contributed by atoms with Crippen LogP contribution in [0, 0.1) is 0 Å². The Labute approximate surface area is 214 Å². The van der Waals surface area contributed by atoms with Gasteiger partial charge in [0.25, 0.3) is 10.9 Å². The molecular weight excluding hydrogens is 505 g/mol. The Hall–Kier alpha value is -2.96. The molecule has 0 spiro atoms. The minimum atomic E-state index is -2.17. The number of rotatable bonds is 9. The summed E-state index contributed by atoms with van der Waals surface area (Å²) in [5.74, 6) is 0. The third-order valence-electron chi connectivity index (χ3n) is 6.06. The van der Waals surface area contributed by atoms with Crippen LogP contribution in [0.2, 0.25) is 0 Å². The van der Waals surface area contributed by atoms with Crippen molar-refractivity contribution in [1.29, 1.82) is 0 Å². The van der Waals surface area contributed by atoms with Crippen LogP contribution in [0.3, 0.4) is 0 Å². The number of hydrogen-bond acceptors (Lipinski definition) is 5. The minimum Gasteiger partial charge on any atom is -0.139 e. The Balaban J connectivity index is 1.89. The van der Waals surface area contributed by atoms with Crippen LogP contribution in [0.1, 0.15) is 37.5 Å². The average Bonchev–Trinajstić information content (AvgIpc) is 2.95. The van der Waals surface area contributed by atoms with Crippen LogP contribution in [0.15, 0.2) is 78.9 Å². The number of hydrogen-bond donors (Lipinski definition) is 0. The topological polar surface area (TPSA) is 77.0 Å². The average molecular weight is 533 g/mol. The summed E-state index contributed by atoms with van der Waals surface area (Å²) in [6, 6.07) is 24.1. The highest BCUT2D eigenvalue weighted by atomic mass is 31.1. The lowest BCUT2D eigenvalue weighted by Gasteiger charge is -1.99. The standard InChI is InChI=1S/C28H28N2O3P3/c1-4-20-13-7-10-16-23(20)34(31)26-19-27(35(32)24-17-11-8-14-21(24)5-2)30-28(29-26)36(33)25-18-12-9-15-22(25)6-3/h7-19H,4-6H2,1-3H3/q+3. The Morgan fingerprint density at radius 2 is 0.861 bits per heavy atom. The molecule has 0 amide bonds. The lowest BCUT2D eigenvalue weighted by Crippen LogP contribution is -2.31. The first-order valence-corrected chi connectivity index (χ1v) is 15.8. The Bertz CT molecular complexity index is 1280. The van der Waals surface area contributed by atoms with E-state index in [2.05, 4.69) is 9.97 Å². The van der Waals surface area contributed by atoms with Crippen molar-refractivity contribution in [2.75, 3.05) is 0 Å². The maximum atomic E-state index is 13.8. The maximum absolute atomic E-state index is 13.8. The summed E-state index contributed by atoms with van der Waals surface area (Å²) in [4.78, 5) is 9.10. The van der Waals surface area contributed by atoms with Gasteiger partial charge in [0.1, 0.15) is 0 Å². The normalized spacial score (nSPS) is 12.2. The second-order valence-electron chi connectivity index (χ2n) is 8.21. The second-order valence-corrected chi connectivity index (χ2v) is 12.7. The molecule has 0 fully saturated rings. The fourth-order valence-electron chi connectivity index (χ4n) is 4.09. The summed E-state index contributed by atoms with van der Waals surface area (Å²) in [5.41, 5.74) is 3.42. The van der Waals surface area contributed by atoms with Gasteiger partial charge >= 0.3 is 29.0 Å². The van der Waals surface area contributed by atoms with E-state index >= 15 is 0 Å². The van der Waals surface area contributed by atoms with E-state index < -0.39 is 23.4 Å². The molecule has 1 aromatic heterocycles. The minimum absolute atomic E-state index is 0.0630. The number of aryl methyl sites for hydroxylation is 3. The fourth-order valence-corrected chi connectivity index (χ4v) is 8.45. The van der Waals surface area contributed by atoms with E-state index in [0.717, 1.165) is 29.5 Å². The first-order valence-electron chi connectivity index (χ1n) is 12.0. The molecule has 3 unspecified atom stereocenters. The van der Waals surface area contributed by atoms with Gasteiger partial charge in [-0.3, -0.25) is 0 Å². The van der Waals surface area contributed by atoms with E-state index in [1.54, 1.807) is 6.07 Å². The van der Waals surface area contributed by atoms with Crippen molar-refractivity contribution in [3.8, 4) is 0 Å². The molecule has 36 heavy (non-hydrogen) atoms. The van der Waals surface area contributed by atoms with Gasteiger partial charge in [-0.2, -0.15) is 0 Å². The van der Waals surface area contributed by atoms with Crippen LogP contribution >= 0.6 is 23.4 Å². The molecule has 4 rings (SSSR count). The first kappa shape index (κ1) is 26.1. The number of benzene rings is 3. The van der Waals surface area contributed by atoms with E-state index in [9.17, 15) is 13.7 Å². The third-order valence-corrected chi connectivity index (χ3v) is 10.5. The zero-order valence-corrected chi connectivity index (χ0v) is 23.3. The highest BCUT2D eigenvalue weighted by molar-refractivity contribution is 7.64. The van der Waals surface area contributed by atoms with Gasteiger partial charge in [0, 0.05) is 16.7 Å². The Morgan fingerprint density at radius 3 is 1.22 bits per heavy atom.